The van der Waals surface area contributed by atoms with Crippen LogP contribution in [0.15, 0.2) is 78.4 Å². The minimum Gasteiger partial charge on any atom is -0.496 e. The Kier molecular flexibility index (Phi) is 8.21. The molecule has 45 heavy (non-hydrogen) atoms. The molecule has 0 aliphatic heterocycles. The van der Waals surface area contributed by atoms with E-state index in [0.717, 1.165) is 22.4 Å². The van der Waals surface area contributed by atoms with Crippen molar-refractivity contribution in [3.63, 3.8) is 0 Å². The number of methoxy groups -OCH3 is 1. The van der Waals surface area contributed by atoms with Crippen molar-refractivity contribution in [3.8, 4) is 17.5 Å². The van der Waals surface area contributed by atoms with E-state index >= 15 is 0 Å². The van der Waals surface area contributed by atoms with Gasteiger partial charge in [0.15, 0.2) is 0 Å². The van der Waals surface area contributed by atoms with E-state index < -0.39 is 5.97 Å². The van der Waals surface area contributed by atoms with E-state index in [1.54, 1.807) is 19.2 Å². The van der Waals surface area contributed by atoms with Crippen LogP contribution in [0.25, 0.3) is 45.7 Å². The molecule has 0 saturated heterocycles. The Morgan fingerprint density at radius 2 is 1.36 bits per heavy atom. The average Bonchev–Trinajstić information content (AvgIpc) is 3.32. The van der Waals surface area contributed by atoms with Gasteiger partial charge in [-0.1, -0.05) is 78.0 Å². The van der Waals surface area contributed by atoms with Gasteiger partial charge in [-0.15, -0.1) is 0 Å². The van der Waals surface area contributed by atoms with E-state index in [2.05, 4.69) is 107 Å². The summed E-state index contributed by atoms with van der Waals surface area (Å²) in [6, 6.07) is 27.7. The number of nitrogens with zero attached hydrogens (tertiary/aromatic N) is 2. The molecule has 0 saturated carbocycles. The maximum absolute atomic E-state index is 11.3. The van der Waals surface area contributed by atoms with Crippen molar-refractivity contribution in [2.24, 2.45) is 0 Å². The number of rotatable bonds is 6. The molecule has 0 spiro atoms. The number of nitriles is 1. The highest BCUT2D eigenvalue weighted by Gasteiger charge is 2.20. The van der Waals surface area contributed by atoms with Gasteiger partial charge in [0.05, 0.1) is 18.1 Å². The number of hydrogen-bond donors (Lipinski definition) is 1. The highest BCUT2D eigenvalue weighted by Crippen LogP contribution is 2.37. The largest absolute Gasteiger partial charge is 0.496 e. The Morgan fingerprint density at radius 3 is 1.82 bits per heavy atom. The highest BCUT2D eigenvalue weighted by molar-refractivity contribution is 6.10. The molecule has 5 heteroatoms. The molecule has 228 valence electrons. The minimum atomic E-state index is -1.26. The van der Waals surface area contributed by atoms with Crippen molar-refractivity contribution < 1.29 is 14.6 Å². The van der Waals surface area contributed by atoms with Crippen LogP contribution in [0, 0.1) is 18.3 Å². The lowest BCUT2D eigenvalue weighted by Gasteiger charge is -2.19. The number of fused-ring (bicyclic) bond motifs is 3. The molecule has 0 unspecified atom stereocenters. The molecule has 4 aromatic carbocycles. The average molecular weight is 597 g/mol. The standard InChI is InChI=1S/C40H40N2O3/c1-25-19-27(37(45-8)21-28(25)20-29(24-41)38(43)44)12-9-26-10-15-32(16-11-26)42-35-17-13-30(39(2,3)4)22-33(35)34-23-31(40(5,6)7)14-18-36(34)42/h9-23H,1-8H3,(H,43,44)/b12-9+,29-20+. The van der Waals surface area contributed by atoms with Crippen LogP contribution in [-0.2, 0) is 15.6 Å². The fourth-order valence-corrected chi connectivity index (χ4v) is 5.64. The normalized spacial score (nSPS) is 12.6. The first-order valence-electron chi connectivity index (χ1n) is 15.1. The van der Waals surface area contributed by atoms with Crippen molar-refractivity contribution >= 4 is 46.0 Å². The summed E-state index contributed by atoms with van der Waals surface area (Å²) in [4.78, 5) is 11.3. The quantitative estimate of drug-likeness (QED) is 0.120. The molecule has 1 heterocycles. The number of carboxylic acids is 1. The van der Waals surface area contributed by atoms with Crippen LogP contribution in [0.5, 0.6) is 5.75 Å². The van der Waals surface area contributed by atoms with Crippen LogP contribution in [0.2, 0.25) is 0 Å². The summed E-state index contributed by atoms with van der Waals surface area (Å²) < 4.78 is 7.95. The lowest BCUT2D eigenvalue weighted by atomic mass is 9.85. The van der Waals surface area contributed by atoms with Crippen molar-refractivity contribution in [2.75, 3.05) is 7.11 Å². The Bertz CT molecular complexity index is 1970. The second kappa shape index (κ2) is 11.8. The van der Waals surface area contributed by atoms with Gasteiger partial charge in [0.25, 0.3) is 0 Å². The SMILES string of the molecule is COc1cc(/C=C(\C#N)C(=O)O)c(C)cc1/C=C/c1ccc(-n2c3ccc(C(C)(C)C)cc3c3cc(C(C)(C)C)ccc32)cc1. The zero-order chi connectivity index (χ0) is 32.7. The third-order valence-corrected chi connectivity index (χ3v) is 8.37. The summed E-state index contributed by atoms with van der Waals surface area (Å²) in [6.45, 7) is 15.4. The molecule has 5 rings (SSSR count). The topological polar surface area (TPSA) is 75.2 Å². The molecule has 1 N–H and O–H groups in total. The summed E-state index contributed by atoms with van der Waals surface area (Å²) in [7, 11) is 1.58. The number of aliphatic carboxylic acids is 1. The summed E-state index contributed by atoms with van der Waals surface area (Å²) in [5.41, 5.74) is 9.24. The predicted octanol–water partition coefficient (Wildman–Crippen LogP) is 9.86. The van der Waals surface area contributed by atoms with Gasteiger partial charge in [-0.3, -0.25) is 0 Å². The van der Waals surface area contributed by atoms with E-state index in [-0.39, 0.29) is 16.4 Å². The number of benzene rings is 4. The van der Waals surface area contributed by atoms with Gasteiger partial charge in [-0.2, -0.15) is 5.26 Å². The second-order valence-corrected chi connectivity index (χ2v) is 13.6. The molecule has 5 aromatic rings. The van der Waals surface area contributed by atoms with Crippen LogP contribution in [0.1, 0.15) is 74.9 Å². The van der Waals surface area contributed by atoms with Gasteiger partial charge in [0.2, 0.25) is 0 Å². The van der Waals surface area contributed by atoms with Gasteiger partial charge < -0.3 is 14.4 Å². The first kappa shape index (κ1) is 31.3. The fourth-order valence-electron chi connectivity index (χ4n) is 5.64. The van der Waals surface area contributed by atoms with Crippen LogP contribution >= 0.6 is 0 Å². The van der Waals surface area contributed by atoms with E-state index in [1.165, 1.54) is 39.0 Å². The molecular weight excluding hydrogens is 556 g/mol. The van der Waals surface area contributed by atoms with Gasteiger partial charge >= 0.3 is 5.97 Å². The lowest BCUT2D eigenvalue weighted by molar-refractivity contribution is -0.132. The zero-order valence-electron chi connectivity index (χ0n) is 27.3. The molecular formula is C40H40N2O3. The van der Waals surface area contributed by atoms with Gasteiger partial charge in [0, 0.05) is 22.0 Å². The Hall–Kier alpha value is -5.08. The van der Waals surface area contributed by atoms with Gasteiger partial charge in [0.1, 0.15) is 17.4 Å². The van der Waals surface area contributed by atoms with Gasteiger partial charge in [-0.25, -0.2) is 4.79 Å². The van der Waals surface area contributed by atoms with Crippen molar-refractivity contribution in [1.82, 2.24) is 4.57 Å². The second-order valence-electron chi connectivity index (χ2n) is 13.6. The maximum Gasteiger partial charge on any atom is 0.346 e. The Balaban J connectivity index is 1.54. The molecule has 5 nitrogen and oxygen atoms in total. The number of aromatic nitrogens is 1. The van der Waals surface area contributed by atoms with E-state index in [4.69, 9.17) is 10.00 Å². The molecule has 0 aliphatic carbocycles. The van der Waals surface area contributed by atoms with Crippen molar-refractivity contribution in [2.45, 2.75) is 59.3 Å². The number of aryl methyl sites for hydroxylation is 1. The van der Waals surface area contributed by atoms with Crippen LogP contribution in [0.4, 0.5) is 0 Å². The third kappa shape index (κ3) is 6.28. The smallest absolute Gasteiger partial charge is 0.346 e. The monoisotopic (exact) mass is 596 g/mol. The first-order valence-corrected chi connectivity index (χ1v) is 15.1. The summed E-state index contributed by atoms with van der Waals surface area (Å²) in [5.74, 6) is -0.662. The molecule has 0 radical (unpaired) electrons. The molecule has 1 aromatic heterocycles. The van der Waals surface area contributed by atoms with Crippen LogP contribution in [-0.4, -0.2) is 22.8 Å². The van der Waals surface area contributed by atoms with E-state index in [1.807, 2.05) is 25.1 Å². The molecule has 0 fully saturated rings. The summed E-state index contributed by atoms with van der Waals surface area (Å²) in [6.07, 6.45) is 5.39. The van der Waals surface area contributed by atoms with Crippen molar-refractivity contribution in [1.29, 1.82) is 5.26 Å². The lowest BCUT2D eigenvalue weighted by Crippen LogP contribution is -2.10. The predicted molar refractivity (Wildman–Crippen MR) is 186 cm³/mol. The highest BCUT2D eigenvalue weighted by atomic mass is 16.5. The Morgan fingerprint density at radius 1 is 0.800 bits per heavy atom. The van der Waals surface area contributed by atoms with Crippen LogP contribution < -0.4 is 4.74 Å². The number of carbonyl (C=O) groups is 1. The van der Waals surface area contributed by atoms with Crippen molar-refractivity contribution in [3.05, 3.63) is 112 Å². The Labute approximate surface area is 265 Å². The minimum absolute atomic E-state index is 0.0501. The number of hydrogen-bond acceptors (Lipinski definition) is 3. The molecule has 0 atom stereocenters. The van der Waals surface area contributed by atoms with E-state index in [9.17, 15) is 9.90 Å². The summed E-state index contributed by atoms with van der Waals surface area (Å²) in [5, 5.41) is 20.9. The van der Waals surface area contributed by atoms with Crippen LogP contribution in [0.3, 0.4) is 0 Å². The molecule has 0 bridgehead atoms. The molecule has 0 aliphatic rings. The van der Waals surface area contributed by atoms with E-state index in [0.29, 0.717) is 11.3 Å². The summed E-state index contributed by atoms with van der Waals surface area (Å²) >= 11 is 0. The van der Waals surface area contributed by atoms with Gasteiger partial charge in [-0.05, 0) is 100 Å². The third-order valence-electron chi connectivity index (χ3n) is 8.37. The molecule has 0 amide bonds. The number of ether oxygens (including phenoxy) is 1. The fraction of sp³-hybridized carbons (Fsp3) is 0.250. The zero-order valence-corrected chi connectivity index (χ0v) is 27.3. The first-order chi connectivity index (χ1) is 21.2. The maximum atomic E-state index is 11.3. The number of carboxylic acid groups (broad SMARTS) is 1.